The van der Waals surface area contributed by atoms with E-state index in [2.05, 4.69) is 37.8 Å². The normalized spacial score (nSPS) is 16.4. The van der Waals surface area contributed by atoms with Gasteiger partial charge in [-0.2, -0.15) is 5.10 Å². The molecule has 9 nitrogen and oxygen atoms in total. The highest BCUT2D eigenvalue weighted by Crippen LogP contribution is 2.29. The molecule has 1 saturated heterocycles. The first-order valence-electron chi connectivity index (χ1n) is 11.0. The van der Waals surface area contributed by atoms with Gasteiger partial charge in [0.05, 0.1) is 6.54 Å². The molecular formula is C23H26N8OS. The van der Waals surface area contributed by atoms with Gasteiger partial charge in [0.1, 0.15) is 5.52 Å². The fourth-order valence-electron chi connectivity index (χ4n) is 3.98. The minimum atomic E-state index is 0.0230. The van der Waals surface area contributed by atoms with Crippen molar-refractivity contribution in [2.24, 2.45) is 0 Å². The number of carbonyl (C=O) groups is 1. The van der Waals surface area contributed by atoms with Crippen LogP contribution >= 0.6 is 11.8 Å². The van der Waals surface area contributed by atoms with E-state index in [4.69, 9.17) is 4.98 Å². The summed E-state index contributed by atoms with van der Waals surface area (Å²) >= 11 is 1.46. The summed E-state index contributed by atoms with van der Waals surface area (Å²) in [6.45, 7) is 5.56. The van der Waals surface area contributed by atoms with Crippen LogP contribution in [0.1, 0.15) is 25.5 Å². The third kappa shape index (κ3) is 5.01. The zero-order valence-electron chi connectivity index (χ0n) is 18.6. The van der Waals surface area contributed by atoms with Crippen molar-refractivity contribution in [3.63, 3.8) is 0 Å². The number of H-pyrrole nitrogens is 1. The second-order valence-corrected chi connectivity index (χ2v) is 9.32. The first kappa shape index (κ1) is 21.5. The molecule has 1 amide bonds. The number of fused-ring (bicyclic) bond motifs is 1. The fourth-order valence-corrected chi connectivity index (χ4v) is 4.73. The van der Waals surface area contributed by atoms with Crippen LogP contribution in [0.15, 0.2) is 58.7 Å². The summed E-state index contributed by atoms with van der Waals surface area (Å²) in [6.07, 6.45) is 4.21. The zero-order chi connectivity index (χ0) is 22.8. The van der Waals surface area contributed by atoms with E-state index in [1.807, 2.05) is 55.6 Å². The summed E-state index contributed by atoms with van der Waals surface area (Å²) in [7, 11) is 0. The molecule has 1 atom stereocenters. The molecule has 0 saturated carbocycles. The van der Waals surface area contributed by atoms with E-state index < -0.39 is 0 Å². The van der Waals surface area contributed by atoms with Gasteiger partial charge in [0.25, 0.3) is 0 Å². The third-order valence-corrected chi connectivity index (χ3v) is 6.57. The molecule has 1 aliphatic rings. The summed E-state index contributed by atoms with van der Waals surface area (Å²) in [5.74, 6) is 1.41. The molecular weight excluding hydrogens is 436 g/mol. The number of aryl methyl sites for hydroxylation is 1. The van der Waals surface area contributed by atoms with E-state index in [1.54, 1.807) is 4.52 Å². The first-order valence-corrected chi connectivity index (χ1v) is 11.8. The molecule has 3 N–H and O–H groups in total. The lowest BCUT2D eigenvalue weighted by atomic mass is 10.2. The lowest BCUT2D eigenvalue weighted by molar-refractivity contribution is -0.117. The van der Waals surface area contributed by atoms with Crippen molar-refractivity contribution in [2.45, 2.75) is 42.8 Å². The van der Waals surface area contributed by atoms with Crippen molar-refractivity contribution in [1.29, 1.82) is 0 Å². The molecule has 1 fully saturated rings. The molecule has 0 radical (unpaired) electrons. The van der Waals surface area contributed by atoms with Gasteiger partial charge in [-0.1, -0.05) is 0 Å². The fraction of sp³-hybridized carbons (Fsp3) is 0.304. The number of carbonyl (C=O) groups excluding carboxylic acids is 1. The summed E-state index contributed by atoms with van der Waals surface area (Å²) in [6, 6.07) is 14.0. The molecule has 1 aromatic carbocycles. The largest absolute Gasteiger partial charge is 0.325 e. The monoisotopic (exact) mass is 462 g/mol. The van der Waals surface area contributed by atoms with Gasteiger partial charge in [0.2, 0.25) is 11.1 Å². The van der Waals surface area contributed by atoms with Crippen LogP contribution in [0.5, 0.6) is 0 Å². The lowest BCUT2D eigenvalue weighted by Gasteiger charge is -2.20. The highest BCUT2D eigenvalue weighted by molar-refractivity contribution is 7.99. The molecule has 4 heterocycles. The van der Waals surface area contributed by atoms with Crippen LogP contribution in [-0.2, 0) is 4.79 Å². The Balaban J connectivity index is 1.27. The Labute approximate surface area is 196 Å². The van der Waals surface area contributed by atoms with Gasteiger partial charge in [0, 0.05) is 34.6 Å². The van der Waals surface area contributed by atoms with Crippen molar-refractivity contribution < 1.29 is 4.79 Å². The van der Waals surface area contributed by atoms with Crippen LogP contribution in [0.3, 0.4) is 0 Å². The lowest BCUT2D eigenvalue weighted by Crippen LogP contribution is -2.35. The molecule has 10 heteroatoms. The molecule has 33 heavy (non-hydrogen) atoms. The molecule has 0 bridgehead atoms. The van der Waals surface area contributed by atoms with E-state index in [1.165, 1.54) is 11.8 Å². The number of rotatable bonds is 7. The Morgan fingerprint density at radius 3 is 2.85 bits per heavy atom. The van der Waals surface area contributed by atoms with Gasteiger partial charge < -0.3 is 10.6 Å². The quantitative estimate of drug-likeness (QED) is 0.380. The van der Waals surface area contributed by atoms with Gasteiger partial charge in [-0.25, -0.2) is 9.50 Å². The number of anilines is 3. The Kier molecular flexibility index (Phi) is 6.01. The number of nitrogens with zero attached hydrogens (tertiary/aromatic N) is 5. The van der Waals surface area contributed by atoms with E-state index >= 15 is 0 Å². The topological polar surface area (TPSA) is 103 Å². The van der Waals surface area contributed by atoms with Gasteiger partial charge in [0.15, 0.2) is 11.6 Å². The van der Waals surface area contributed by atoms with Crippen molar-refractivity contribution in [3.05, 3.63) is 54.4 Å². The summed E-state index contributed by atoms with van der Waals surface area (Å²) in [4.78, 5) is 20.3. The second-order valence-electron chi connectivity index (χ2n) is 8.28. The molecule has 170 valence electrons. The van der Waals surface area contributed by atoms with Crippen LogP contribution in [-0.4, -0.2) is 54.7 Å². The summed E-state index contributed by atoms with van der Waals surface area (Å²) in [5, 5.41) is 18.6. The number of nitrogens with one attached hydrogen (secondary N) is 3. The average Bonchev–Trinajstić information content (AvgIpc) is 3.52. The van der Waals surface area contributed by atoms with E-state index in [0.29, 0.717) is 29.4 Å². The minimum absolute atomic E-state index is 0.0230. The smallest absolute Gasteiger partial charge is 0.238 e. The van der Waals surface area contributed by atoms with Crippen molar-refractivity contribution in [1.82, 2.24) is 29.7 Å². The molecule has 3 aromatic heterocycles. The van der Waals surface area contributed by atoms with Crippen LogP contribution in [0, 0.1) is 6.92 Å². The minimum Gasteiger partial charge on any atom is -0.325 e. The highest BCUT2D eigenvalue weighted by atomic mass is 32.2. The second kappa shape index (κ2) is 9.24. The van der Waals surface area contributed by atoms with Crippen LogP contribution < -0.4 is 10.6 Å². The number of hydrogen-bond donors (Lipinski definition) is 3. The number of benzene rings is 1. The number of aromatic nitrogens is 5. The van der Waals surface area contributed by atoms with Gasteiger partial charge in [-0.15, -0.1) is 5.10 Å². The average molecular weight is 463 g/mol. The van der Waals surface area contributed by atoms with Crippen molar-refractivity contribution in [2.75, 3.05) is 23.7 Å². The maximum atomic E-state index is 12.4. The maximum absolute atomic E-state index is 12.4. The first-order chi connectivity index (χ1) is 16.0. The van der Waals surface area contributed by atoms with E-state index in [-0.39, 0.29) is 5.91 Å². The predicted octanol–water partition coefficient (Wildman–Crippen LogP) is 4.08. The molecule has 0 spiro atoms. The Hall–Kier alpha value is -3.37. The summed E-state index contributed by atoms with van der Waals surface area (Å²) in [5.41, 5.74) is 2.62. The van der Waals surface area contributed by atoms with E-state index in [0.717, 1.165) is 41.2 Å². The Morgan fingerprint density at radius 1 is 1.27 bits per heavy atom. The van der Waals surface area contributed by atoms with Crippen LogP contribution in [0.4, 0.5) is 17.3 Å². The van der Waals surface area contributed by atoms with Crippen LogP contribution in [0.25, 0.3) is 5.52 Å². The number of aromatic amines is 1. The zero-order valence-corrected chi connectivity index (χ0v) is 19.4. The molecule has 1 aliphatic heterocycles. The van der Waals surface area contributed by atoms with Crippen molar-refractivity contribution >= 4 is 40.5 Å². The van der Waals surface area contributed by atoms with Gasteiger partial charge >= 0.3 is 0 Å². The van der Waals surface area contributed by atoms with Crippen LogP contribution in [0.2, 0.25) is 0 Å². The third-order valence-electron chi connectivity index (χ3n) is 5.71. The van der Waals surface area contributed by atoms with Gasteiger partial charge in [-0.3, -0.25) is 14.8 Å². The highest BCUT2D eigenvalue weighted by Gasteiger charge is 2.22. The number of amides is 1. The van der Waals surface area contributed by atoms with E-state index in [9.17, 15) is 4.79 Å². The maximum Gasteiger partial charge on any atom is 0.238 e. The molecule has 4 aromatic rings. The molecule has 0 unspecified atom stereocenters. The van der Waals surface area contributed by atoms with Crippen molar-refractivity contribution in [3.8, 4) is 0 Å². The SMILES string of the molecule is Cc1cc(Nc2nc(Sc3ccc(NC(=O)CN4CCC[C@H]4C)cc3)nn3cccc23)n[nH]1. The van der Waals surface area contributed by atoms with Gasteiger partial charge in [-0.05, 0) is 81.4 Å². The molecule has 0 aliphatic carbocycles. The predicted molar refractivity (Wildman–Crippen MR) is 129 cm³/mol. The standard InChI is InChI=1S/C23H26N8OS/c1-15-13-20(28-27-15)25-22-19-6-4-12-31(19)29-23(26-22)33-18-9-7-17(8-10-18)24-21(32)14-30-11-3-5-16(30)2/h4,6-10,12-13,16H,3,5,11,14H2,1-2H3,(H,24,32)(H2,25,26,27,28,29)/t16-/m1/s1. The number of hydrogen-bond acceptors (Lipinski definition) is 7. The number of likely N-dealkylation sites (tertiary alicyclic amines) is 1. The molecule has 5 rings (SSSR count). The summed E-state index contributed by atoms with van der Waals surface area (Å²) < 4.78 is 1.80. The Bertz CT molecular complexity index is 1270. The Morgan fingerprint density at radius 2 is 2.12 bits per heavy atom.